The molecule has 15 aromatic rings. The monoisotopic (exact) mass is 931 g/mol. The molecule has 0 saturated heterocycles. The van der Waals surface area contributed by atoms with Gasteiger partial charge in [0.15, 0.2) is 0 Å². The van der Waals surface area contributed by atoms with E-state index < -0.39 is 0 Å². The molecule has 0 aliphatic rings. The van der Waals surface area contributed by atoms with E-state index >= 15 is 0 Å². The minimum absolute atomic E-state index is 0.805. The fourth-order valence-electron chi connectivity index (χ4n) is 10.8. The molecule has 0 aliphatic carbocycles. The molecule has 0 aliphatic heterocycles. The molecule has 9 heterocycles. The number of hydrogen-bond acceptors (Lipinski definition) is 8. The van der Waals surface area contributed by atoms with Gasteiger partial charge in [-0.15, -0.1) is 0 Å². The molecule has 338 valence electrons. The average molecular weight is 932 g/mol. The molecule has 0 fully saturated rings. The summed E-state index contributed by atoms with van der Waals surface area (Å²) in [4.78, 5) is 39.4. The molecule has 6 aromatic carbocycles. The Hall–Kier alpha value is -10.1. The zero-order valence-corrected chi connectivity index (χ0v) is 38.9. The van der Waals surface area contributed by atoms with Crippen molar-refractivity contribution in [2.45, 2.75) is 0 Å². The zero-order valence-electron chi connectivity index (χ0n) is 38.9. The fourth-order valence-corrected chi connectivity index (χ4v) is 10.8. The van der Waals surface area contributed by atoms with Gasteiger partial charge in [-0.25, -0.2) is 9.97 Å². The Morgan fingerprint density at radius 2 is 0.863 bits per heavy atom. The normalized spacial score (nSPS) is 11.8. The number of para-hydroxylation sites is 1. The third-order valence-corrected chi connectivity index (χ3v) is 14.3. The quantitative estimate of drug-likeness (QED) is 0.152. The van der Waals surface area contributed by atoms with E-state index in [1.54, 1.807) is 0 Å². The first kappa shape index (κ1) is 40.7. The summed E-state index contributed by atoms with van der Waals surface area (Å²) < 4.78 is 2.30. The smallest absolute Gasteiger partial charge is 0.137 e. The van der Waals surface area contributed by atoms with Crippen molar-refractivity contribution < 1.29 is 0 Å². The largest absolute Gasteiger partial charge is 0.293 e. The van der Waals surface area contributed by atoms with Gasteiger partial charge in [-0.1, -0.05) is 91.0 Å². The molecule has 9 aromatic heterocycles. The van der Waals surface area contributed by atoms with Crippen molar-refractivity contribution in [3.05, 3.63) is 225 Å². The second-order valence-corrected chi connectivity index (χ2v) is 18.4. The second kappa shape index (κ2) is 16.2. The lowest BCUT2D eigenvalue weighted by Gasteiger charge is -2.13. The van der Waals surface area contributed by atoms with Crippen molar-refractivity contribution >= 4 is 87.1 Å². The van der Waals surface area contributed by atoms with E-state index in [-0.39, 0.29) is 0 Å². The Bertz CT molecular complexity index is 4720. The van der Waals surface area contributed by atoms with E-state index in [9.17, 15) is 0 Å². The van der Waals surface area contributed by atoms with Crippen LogP contribution in [0, 0.1) is 0 Å². The number of aromatic nitrogens is 9. The SMILES string of the molecule is c1ccc2nc(-c3ccc(-n4c5ccc(-c6ccc(-c7cc8cccnc8c8ncccc78)cn6)cc5c5cc(-c6ccc(-c7cc8cccnc8c8ncccc78)cn6)c6ccccc6c54)nc3)ccc2c1. The first-order chi connectivity index (χ1) is 36.2. The van der Waals surface area contributed by atoms with Crippen LogP contribution in [0.5, 0.6) is 0 Å². The molecule has 0 radical (unpaired) electrons. The summed E-state index contributed by atoms with van der Waals surface area (Å²) >= 11 is 0. The van der Waals surface area contributed by atoms with Crippen molar-refractivity contribution in [2.75, 3.05) is 0 Å². The predicted molar refractivity (Wildman–Crippen MR) is 295 cm³/mol. The summed E-state index contributed by atoms with van der Waals surface area (Å²) in [6.07, 6.45) is 13.2. The van der Waals surface area contributed by atoms with Gasteiger partial charge in [0.1, 0.15) is 5.82 Å². The highest BCUT2D eigenvalue weighted by atomic mass is 15.1. The molecule has 0 saturated carbocycles. The molecular weight excluding hydrogens is 895 g/mol. The van der Waals surface area contributed by atoms with Gasteiger partial charge in [0.25, 0.3) is 0 Å². The van der Waals surface area contributed by atoms with Crippen LogP contribution in [0.1, 0.15) is 0 Å². The van der Waals surface area contributed by atoms with Gasteiger partial charge in [-0.3, -0.25) is 34.5 Å². The highest BCUT2D eigenvalue weighted by Crippen LogP contribution is 2.43. The lowest BCUT2D eigenvalue weighted by Crippen LogP contribution is -1.98. The molecule has 15 rings (SSSR count). The van der Waals surface area contributed by atoms with Crippen molar-refractivity contribution in [3.63, 3.8) is 0 Å². The summed E-state index contributed by atoms with van der Waals surface area (Å²) in [5, 5.41) is 9.59. The molecule has 0 spiro atoms. The number of pyridine rings is 8. The lowest BCUT2D eigenvalue weighted by molar-refractivity contribution is 1.08. The van der Waals surface area contributed by atoms with E-state index in [2.05, 4.69) is 154 Å². The van der Waals surface area contributed by atoms with Gasteiger partial charge >= 0.3 is 0 Å². The van der Waals surface area contributed by atoms with Gasteiger partial charge in [0, 0.05) is 114 Å². The number of benzene rings is 6. The summed E-state index contributed by atoms with van der Waals surface area (Å²) in [5.41, 5.74) is 16.3. The summed E-state index contributed by atoms with van der Waals surface area (Å²) in [6, 6.07) is 63.4. The molecule has 0 N–H and O–H groups in total. The van der Waals surface area contributed by atoms with Crippen LogP contribution in [0.15, 0.2) is 225 Å². The van der Waals surface area contributed by atoms with Gasteiger partial charge < -0.3 is 0 Å². The Kier molecular flexibility index (Phi) is 9.06. The van der Waals surface area contributed by atoms with Crippen LogP contribution in [0.2, 0.25) is 0 Å². The molecule has 9 heteroatoms. The lowest BCUT2D eigenvalue weighted by atomic mass is 9.95. The van der Waals surface area contributed by atoms with Crippen molar-refractivity contribution in [1.82, 2.24) is 44.4 Å². The van der Waals surface area contributed by atoms with Gasteiger partial charge in [-0.2, -0.15) is 0 Å². The predicted octanol–water partition coefficient (Wildman–Crippen LogP) is 15.2. The van der Waals surface area contributed by atoms with Crippen LogP contribution in [0.25, 0.3) is 149 Å². The Morgan fingerprint density at radius 1 is 0.301 bits per heavy atom. The topological polar surface area (TPSA) is 108 Å². The minimum atomic E-state index is 0.805. The van der Waals surface area contributed by atoms with Crippen LogP contribution in [0.4, 0.5) is 0 Å². The van der Waals surface area contributed by atoms with Crippen molar-refractivity contribution in [1.29, 1.82) is 0 Å². The third kappa shape index (κ3) is 6.56. The maximum Gasteiger partial charge on any atom is 0.137 e. The van der Waals surface area contributed by atoms with Gasteiger partial charge in [0.05, 0.1) is 55.7 Å². The molecule has 9 nitrogen and oxygen atoms in total. The van der Waals surface area contributed by atoms with Crippen LogP contribution in [0.3, 0.4) is 0 Å². The van der Waals surface area contributed by atoms with E-state index in [4.69, 9.17) is 29.9 Å². The van der Waals surface area contributed by atoms with Crippen LogP contribution < -0.4 is 0 Å². The van der Waals surface area contributed by atoms with Gasteiger partial charge in [0.2, 0.25) is 0 Å². The number of nitrogens with zero attached hydrogens (tertiary/aromatic N) is 9. The van der Waals surface area contributed by atoms with E-state index in [1.165, 1.54) is 0 Å². The van der Waals surface area contributed by atoms with E-state index in [0.29, 0.717) is 0 Å². The standard InChI is InChI=1S/C64H37N9/c1-4-16-55-38(9-1)17-23-56(72-55)44-21-26-59(71-37-44)73-58-25-20-39(54-22-18-42(35-69-54)49-32-40-10-5-27-65-60(40)62-46(49)14-7-29-67-62)31-52(58)53-34-51(45-12-2-3-13-48(45)64(53)73)57-24-19-43(36-70-57)50-33-41-11-6-28-66-61(41)63-47(50)15-8-30-68-63/h1-37H. The summed E-state index contributed by atoms with van der Waals surface area (Å²) in [5.74, 6) is 0.805. The van der Waals surface area contributed by atoms with E-state index in [1.807, 2.05) is 85.8 Å². The highest BCUT2D eigenvalue weighted by Gasteiger charge is 2.21. The molecule has 0 bridgehead atoms. The maximum atomic E-state index is 5.23. The Balaban J connectivity index is 0.896. The second-order valence-electron chi connectivity index (χ2n) is 18.4. The minimum Gasteiger partial charge on any atom is -0.293 e. The molecule has 73 heavy (non-hydrogen) atoms. The number of fused-ring (bicyclic) bond motifs is 12. The maximum absolute atomic E-state index is 5.23. The number of rotatable bonds is 6. The average Bonchev–Trinajstić information content (AvgIpc) is 3.82. The fraction of sp³-hybridized carbons (Fsp3) is 0. The summed E-state index contributed by atoms with van der Waals surface area (Å²) in [7, 11) is 0. The first-order valence-electron chi connectivity index (χ1n) is 24.2. The molecule has 0 amide bonds. The van der Waals surface area contributed by atoms with Crippen LogP contribution in [-0.4, -0.2) is 44.4 Å². The summed E-state index contributed by atoms with van der Waals surface area (Å²) in [6.45, 7) is 0. The highest BCUT2D eigenvalue weighted by molar-refractivity contribution is 6.22. The molecule has 0 unspecified atom stereocenters. The molecular formula is C64H37N9. The van der Waals surface area contributed by atoms with Crippen molar-refractivity contribution in [2.24, 2.45) is 0 Å². The van der Waals surface area contributed by atoms with Crippen LogP contribution in [-0.2, 0) is 0 Å². The molecule has 0 atom stereocenters. The Morgan fingerprint density at radius 3 is 1.53 bits per heavy atom. The number of hydrogen-bond donors (Lipinski definition) is 0. The third-order valence-electron chi connectivity index (χ3n) is 14.3. The first-order valence-corrected chi connectivity index (χ1v) is 24.2. The van der Waals surface area contributed by atoms with Gasteiger partial charge in [-0.05, 0) is 108 Å². The van der Waals surface area contributed by atoms with E-state index in [0.717, 1.165) is 149 Å². The Labute approximate surface area is 416 Å². The van der Waals surface area contributed by atoms with Crippen molar-refractivity contribution in [3.8, 4) is 61.8 Å². The zero-order chi connectivity index (χ0) is 48.0. The van der Waals surface area contributed by atoms with Crippen LogP contribution >= 0.6 is 0 Å².